The fraction of sp³-hybridized carbons (Fsp3) is 0.636. The molecule has 0 bridgehead atoms. The largest absolute Gasteiger partial charge is 0.472 e. The van der Waals surface area contributed by atoms with Crippen LogP contribution < -0.4 is 5.32 Å². The molecule has 0 saturated carbocycles. The number of phosphoric acid groups is 1. The maximum absolute atomic E-state index is 12.1. The zero-order valence-corrected chi connectivity index (χ0v) is 34.5. The van der Waals surface area contributed by atoms with Crippen LogP contribution in [-0.2, 0) is 27.9 Å². The minimum absolute atomic E-state index is 0.0641. The number of hydrogen-bond acceptors (Lipinski definition) is 7. The van der Waals surface area contributed by atoms with Gasteiger partial charge in [-0.2, -0.15) is 0 Å². The van der Waals surface area contributed by atoms with E-state index in [2.05, 4.69) is 92.1 Å². The molecule has 0 aromatic rings. The molecule has 10 heteroatoms. The van der Waals surface area contributed by atoms with Gasteiger partial charge in [-0.3, -0.25) is 18.6 Å². The van der Waals surface area contributed by atoms with Crippen molar-refractivity contribution in [1.29, 1.82) is 0 Å². The van der Waals surface area contributed by atoms with Crippen molar-refractivity contribution in [2.45, 2.75) is 155 Å². The van der Waals surface area contributed by atoms with Crippen LogP contribution in [0, 0.1) is 0 Å². The van der Waals surface area contributed by atoms with Gasteiger partial charge in [0.25, 0.3) is 0 Å². The fourth-order valence-corrected chi connectivity index (χ4v) is 5.74. The van der Waals surface area contributed by atoms with Crippen LogP contribution in [0.4, 0.5) is 0 Å². The van der Waals surface area contributed by atoms with E-state index in [1.165, 1.54) is 44.9 Å². The Hall–Kier alpha value is -2.81. The van der Waals surface area contributed by atoms with E-state index in [1.807, 2.05) is 12.2 Å². The molecule has 0 aliphatic rings. The second kappa shape index (κ2) is 39.9. The van der Waals surface area contributed by atoms with Crippen molar-refractivity contribution in [1.82, 2.24) is 5.32 Å². The Bertz CT molecular complexity index is 1160. The highest BCUT2D eigenvalue weighted by atomic mass is 31.2. The number of phosphoric ester groups is 1. The maximum Gasteiger partial charge on any atom is 0.472 e. The number of rotatable bonds is 37. The lowest BCUT2D eigenvalue weighted by molar-refractivity contribution is -0.147. The third kappa shape index (κ3) is 40.4. The molecule has 0 aromatic heterocycles. The summed E-state index contributed by atoms with van der Waals surface area (Å²) in [6.45, 7) is 3.31. The number of amides is 1. The summed E-state index contributed by atoms with van der Waals surface area (Å²) in [6.07, 6.45) is 49.5. The van der Waals surface area contributed by atoms with E-state index in [-0.39, 0.29) is 32.1 Å². The molecule has 9 nitrogen and oxygen atoms in total. The summed E-state index contributed by atoms with van der Waals surface area (Å²) in [5.41, 5.74) is 0. The summed E-state index contributed by atoms with van der Waals surface area (Å²) in [6, 6.07) is 0. The molecule has 308 valence electrons. The van der Waals surface area contributed by atoms with Crippen molar-refractivity contribution in [3.8, 4) is 0 Å². The number of carbonyl (C=O) groups is 2. The molecule has 2 unspecified atom stereocenters. The van der Waals surface area contributed by atoms with Crippen LogP contribution in [-0.4, -0.2) is 54.3 Å². The molecule has 0 saturated heterocycles. The van der Waals surface area contributed by atoms with Gasteiger partial charge in [0.05, 0.1) is 13.2 Å². The number of allylic oxidation sites excluding steroid dienone is 14. The summed E-state index contributed by atoms with van der Waals surface area (Å²) in [4.78, 5) is 33.8. The Labute approximate surface area is 328 Å². The molecule has 1 amide bonds. The second-order valence-corrected chi connectivity index (χ2v) is 14.7. The quantitative estimate of drug-likeness (QED) is 0.0246. The average molecular weight is 776 g/mol. The van der Waals surface area contributed by atoms with Gasteiger partial charge in [0.15, 0.2) is 0 Å². The lowest BCUT2D eigenvalue weighted by Crippen LogP contribution is -2.27. The SMILES string of the molecule is CC/C=C\C/C=C\C/C=C\C/C=C\C/C=C\C/C=C\CCC(=O)OCC(O)COP(=O)(O)OCCNC(=O)CCCCCCC/C=C\CCCCCCC. The minimum Gasteiger partial charge on any atom is -0.463 e. The van der Waals surface area contributed by atoms with E-state index in [9.17, 15) is 24.2 Å². The van der Waals surface area contributed by atoms with E-state index in [0.717, 1.165) is 70.6 Å². The Morgan fingerprint density at radius 1 is 0.593 bits per heavy atom. The Morgan fingerprint density at radius 3 is 1.63 bits per heavy atom. The predicted octanol–water partition coefficient (Wildman–Crippen LogP) is 11.3. The van der Waals surface area contributed by atoms with Crippen molar-refractivity contribution in [2.75, 3.05) is 26.4 Å². The third-order valence-electron chi connectivity index (χ3n) is 8.07. The summed E-state index contributed by atoms with van der Waals surface area (Å²) in [7, 11) is -4.44. The van der Waals surface area contributed by atoms with E-state index < -0.39 is 26.5 Å². The Balaban J connectivity index is 3.76. The fourth-order valence-electron chi connectivity index (χ4n) is 4.99. The lowest BCUT2D eigenvalue weighted by Gasteiger charge is -2.15. The second-order valence-electron chi connectivity index (χ2n) is 13.2. The number of esters is 1. The van der Waals surface area contributed by atoms with E-state index >= 15 is 0 Å². The highest BCUT2D eigenvalue weighted by molar-refractivity contribution is 7.47. The first-order chi connectivity index (χ1) is 26.3. The van der Waals surface area contributed by atoms with Crippen molar-refractivity contribution in [2.24, 2.45) is 0 Å². The van der Waals surface area contributed by atoms with E-state index in [4.69, 9.17) is 13.8 Å². The molecule has 0 rings (SSSR count). The van der Waals surface area contributed by atoms with Gasteiger partial charge in [-0.15, -0.1) is 0 Å². The molecule has 2 atom stereocenters. The number of ether oxygens (including phenoxy) is 1. The van der Waals surface area contributed by atoms with Gasteiger partial charge in [0.1, 0.15) is 12.7 Å². The number of aliphatic hydroxyl groups excluding tert-OH is 1. The highest BCUT2D eigenvalue weighted by Crippen LogP contribution is 2.42. The maximum atomic E-state index is 12.1. The van der Waals surface area contributed by atoms with Crippen LogP contribution >= 0.6 is 7.82 Å². The van der Waals surface area contributed by atoms with Crippen LogP contribution in [0.3, 0.4) is 0 Å². The first kappa shape index (κ1) is 51.2. The molecule has 0 aliphatic heterocycles. The monoisotopic (exact) mass is 776 g/mol. The lowest BCUT2D eigenvalue weighted by atomic mass is 10.1. The number of unbranched alkanes of at least 4 members (excludes halogenated alkanes) is 10. The molecule has 0 fully saturated rings. The zero-order valence-electron chi connectivity index (χ0n) is 33.6. The molecule has 0 spiro atoms. The zero-order chi connectivity index (χ0) is 39.6. The smallest absolute Gasteiger partial charge is 0.463 e. The van der Waals surface area contributed by atoms with Crippen LogP contribution in [0.1, 0.15) is 149 Å². The first-order valence-electron chi connectivity index (χ1n) is 20.6. The van der Waals surface area contributed by atoms with Crippen LogP contribution in [0.15, 0.2) is 85.1 Å². The van der Waals surface area contributed by atoms with Crippen LogP contribution in [0.25, 0.3) is 0 Å². The summed E-state index contributed by atoms with van der Waals surface area (Å²) in [5, 5.41) is 12.7. The van der Waals surface area contributed by atoms with Gasteiger partial charge in [0, 0.05) is 19.4 Å². The Morgan fingerprint density at radius 2 is 1.07 bits per heavy atom. The molecule has 3 N–H and O–H groups in total. The number of nitrogens with one attached hydrogen (secondary N) is 1. The molecule has 0 heterocycles. The van der Waals surface area contributed by atoms with Crippen molar-refractivity contribution in [3.63, 3.8) is 0 Å². The van der Waals surface area contributed by atoms with Gasteiger partial charge in [0.2, 0.25) is 5.91 Å². The normalized spacial score (nSPS) is 14.2. The van der Waals surface area contributed by atoms with Crippen molar-refractivity contribution < 1.29 is 37.9 Å². The molecular formula is C44H74NO8P. The summed E-state index contributed by atoms with van der Waals surface area (Å²) >= 11 is 0. The van der Waals surface area contributed by atoms with Crippen LogP contribution in [0.2, 0.25) is 0 Å². The summed E-state index contributed by atoms with van der Waals surface area (Å²) < 4.78 is 26.7. The predicted molar refractivity (Wildman–Crippen MR) is 224 cm³/mol. The van der Waals surface area contributed by atoms with Gasteiger partial charge in [-0.05, 0) is 77.0 Å². The molecule has 0 aromatic carbocycles. The first-order valence-corrected chi connectivity index (χ1v) is 22.1. The van der Waals surface area contributed by atoms with Gasteiger partial charge in [-0.25, -0.2) is 4.57 Å². The van der Waals surface area contributed by atoms with E-state index in [1.54, 1.807) is 0 Å². The van der Waals surface area contributed by atoms with Crippen LogP contribution in [0.5, 0.6) is 0 Å². The minimum atomic E-state index is -4.44. The molecular weight excluding hydrogens is 701 g/mol. The molecule has 54 heavy (non-hydrogen) atoms. The highest BCUT2D eigenvalue weighted by Gasteiger charge is 2.23. The third-order valence-corrected chi connectivity index (χ3v) is 9.06. The Kier molecular flexibility index (Phi) is 37.8. The van der Waals surface area contributed by atoms with Crippen molar-refractivity contribution in [3.05, 3.63) is 85.1 Å². The summed E-state index contributed by atoms with van der Waals surface area (Å²) in [5.74, 6) is -0.619. The van der Waals surface area contributed by atoms with Crippen molar-refractivity contribution >= 4 is 19.7 Å². The number of carbonyl (C=O) groups excluding carboxylic acids is 2. The van der Waals surface area contributed by atoms with Gasteiger partial charge >= 0.3 is 13.8 Å². The molecule has 0 radical (unpaired) electrons. The van der Waals surface area contributed by atoms with Gasteiger partial charge in [-0.1, -0.05) is 144 Å². The van der Waals surface area contributed by atoms with Gasteiger partial charge < -0.3 is 20.1 Å². The average Bonchev–Trinajstić information content (AvgIpc) is 3.16. The number of hydrogen-bond donors (Lipinski definition) is 3. The molecule has 0 aliphatic carbocycles. The topological polar surface area (TPSA) is 131 Å². The van der Waals surface area contributed by atoms with E-state index in [0.29, 0.717) is 12.8 Å². The number of aliphatic hydroxyl groups is 1. The standard InChI is InChI=1S/C44H74NO8P/c1-3-5-7-9-11-13-15-17-19-20-21-22-23-25-27-29-31-33-35-37-44(48)51-40-42(46)41-53-54(49,50)52-39-38-45-43(47)36-34-32-30-28-26-24-18-16-14-12-10-8-6-4-2/h5,7,11,13,16-19,21-22,25,27,31,33,42,46H,3-4,6,8-10,12,14-15,20,23-24,26,28-30,32,34-41H2,1-2H3,(H,45,47)(H,49,50)/b7-5-,13-11-,18-16-,19-17-,22-21-,27-25-,33-31-.